The third-order valence-corrected chi connectivity index (χ3v) is 3.49. The zero-order chi connectivity index (χ0) is 15.5. The van der Waals surface area contributed by atoms with E-state index in [9.17, 15) is 0 Å². The minimum atomic E-state index is 0.121. The van der Waals surface area contributed by atoms with E-state index in [-0.39, 0.29) is 5.54 Å². The molecule has 1 aromatic heterocycles. The van der Waals surface area contributed by atoms with E-state index in [1.54, 1.807) is 0 Å². The average molecular weight is 285 g/mol. The molecular formula is C18H27N3. The van der Waals surface area contributed by atoms with Crippen molar-refractivity contribution in [1.29, 1.82) is 0 Å². The Morgan fingerprint density at radius 3 is 2.33 bits per heavy atom. The van der Waals surface area contributed by atoms with Crippen LogP contribution in [0, 0.1) is 0 Å². The fourth-order valence-electron chi connectivity index (χ4n) is 2.14. The van der Waals surface area contributed by atoms with Crippen LogP contribution in [0.1, 0.15) is 57.4 Å². The Balaban J connectivity index is 1.96. The van der Waals surface area contributed by atoms with Crippen molar-refractivity contribution in [3.05, 3.63) is 53.3 Å². The lowest BCUT2D eigenvalue weighted by Gasteiger charge is -2.19. The van der Waals surface area contributed by atoms with Gasteiger partial charge in [-0.05, 0) is 43.9 Å². The smallest absolute Gasteiger partial charge is 0.0762 e. The second-order valence-corrected chi connectivity index (χ2v) is 7.00. The molecule has 3 heteroatoms. The molecule has 2 aromatic rings. The van der Waals surface area contributed by atoms with Crippen molar-refractivity contribution in [2.45, 2.75) is 59.2 Å². The summed E-state index contributed by atoms with van der Waals surface area (Å²) in [5.74, 6) is 0.582. The summed E-state index contributed by atoms with van der Waals surface area (Å²) in [6.45, 7) is 12.6. The van der Waals surface area contributed by atoms with E-state index in [4.69, 9.17) is 0 Å². The first-order valence-corrected chi connectivity index (χ1v) is 7.70. The van der Waals surface area contributed by atoms with Crippen molar-refractivity contribution in [1.82, 2.24) is 15.1 Å². The largest absolute Gasteiger partial charge is 0.306 e. The van der Waals surface area contributed by atoms with Crippen LogP contribution >= 0.6 is 0 Å². The first-order chi connectivity index (χ1) is 9.83. The van der Waals surface area contributed by atoms with Gasteiger partial charge >= 0.3 is 0 Å². The summed E-state index contributed by atoms with van der Waals surface area (Å²) in [6, 6.07) is 10.9. The Morgan fingerprint density at radius 1 is 1.10 bits per heavy atom. The summed E-state index contributed by atoms with van der Waals surface area (Å²) in [7, 11) is 0. The summed E-state index contributed by atoms with van der Waals surface area (Å²) in [5.41, 5.74) is 3.88. The van der Waals surface area contributed by atoms with Gasteiger partial charge in [0.1, 0.15) is 0 Å². The van der Waals surface area contributed by atoms with E-state index in [2.05, 4.69) is 81.6 Å². The second-order valence-electron chi connectivity index (χ2n) is 7.00. The van der Waals surface area contributed by atoms with Crippen LogP contribution in [0.4, 0.5) is 0 Å². The van der Waals surface area contributed by atoms with Crippen molar-refractivity contribution in [3.8, 4) is 0 Å². The highest BCUT2D eigenvalue weighted by molar-refractivity contribution is 5.24. The van der Waals surface area contributed by atoms with Gasteiger partial charge in [0.15, 0.2) is 0 Å². The Hall–Kier alpha value is -1.61. The lowest BCUT2D eigenvalue weighted by atomic mass is 10.0. The molecule has 2 rings (SSSR count). The van der Waals surface area contributed by atoms with Gasteiger partial charge in [-0.1, -0.05) is 38.1 Å². The maximum atomic E-state index is 4.62. The van der Waals surface area contributed by atoms with E-state index < -0.39 is 0 Å². The van der Waals surface area contributed by atoms with Crippen molar-refractivity contribution >= 4 is 0 Å². The molecule has 0 aliphatic heterocycles. The van der Waals surface area contributed by atoms with E-state index >= 15 is 0 Å². The summed E-state index contributed by atoms with van der Waals surface area (Å²) in [4.78, 5) is 0. The normalized spacial score (nSPS) is 12.1. The predicted octanol–water partition coefficient (Wildman–Crippen LogP) is 3.94. The van der Waals surface area contributed by atoms with Crippen LogP contribution in [0.25, 0.3) is 0 Å². The maximum absolute atomic E-state index is 4.62. The van der Waals surface area contributed by atoms with E-state index in [0.29, 0.717) is 5.92 Å². The molecule has 0 unspecified atom stereocenters. The summed E-state index contributed by atoms with van der Waals surface area (Å²) in [5, 5.41) is 8.08. The molecule has 21 heavy (non-hydrogen) atoms. The Morgan fingerprint density at radius 2 is 1.76 bits per heavy atom. The lowest BCUT2D eigenvalue weighted by molar-refractivity contribution is 0.419. The Labute approximate surface area is 128 Å². The zero-order valence-electron chi connectivity index (χ0n) is 13.9. The topological polar surface area (TPSA) is 29.9 Å². The fourth-order valence-corrected chi connectivity index (χ4v) is 2.14. The van der Waals surface area contributed by atoms with Crippen LogP contribution in [0.5, 0.6) is 0 Å². The summed E-state index contributed by atoms with van der Waals surface area (Å²) in [6.07, 6.45) is 2.05. The van der Waals surface area contributed by atoms with Crippen molar-refractivity contribution in [2.75, 3.05) is 0 Å². The highest BCUT2D eigenvalue weighted by Gasteiger charge is 2.09. The van der Waals surface area contributed by atoms with Gasteiger partial charge in [-0.15, -0.1) is 0 Å². The van der Waals surface area contributed by atoms with Gasteiger partial charge in [0.25, 0.3) is 0 Å². The van der Waals surface area contributed by atoms with Crippen LogP contribution in [-0.4, -0.2) is 15.3 Å². The van der Waals surface area contributed by atoms with Gasteiger partial charge in [-0.2, -0.15) is 5.10 Å². The van der Waals surface area contributed by atoms with Crippen LogP contribution in [0.3, 0.4) is 0 Å². The highest BCUT2D eigenvalue weighted by atomic mass is 15.3. The average Bonchev–Trinajstić information content (AvgIpc) is 2.84. The minimum absolute atomic E-state index is 0.121. The van der Waals surface area contributed by atoms with Gasteiger partial charge in [0.2, 0.25) is 0 Å². The zero-order valence-corrected chi connectivity index (χ0v) is 13.9. The monoisotopic (exact) mass is 285 g/mol. The van der Waals surface area contributed by atoms with Gasteiger partial charge in [0.05, 0.1) is 12.2 Å². The molecule has 0 saturated carbocycles. The molecule has 0 saturated heterocycles. The number of nitrogens with zero attached hydrogens (tertiary/aromatic N) is 2. The molecule has 114 valence electrons. The van der Waals surface area contributed by atoms with E-state index in [1.165, 1.54) is 11.1 Å². The Bertz CT molecular complexity index is 559. The lowest BCUT2D eigenvalue weighted by Crippen LogP contribution is -2.35. The Kier molecular flexibility index (Phi) is 4.84. The van der Waals surface area contributed by atoms with Crippen LogP contribution in [0.15, 0.2) is 36.5 Å². The SMILES string of the molecule is CC(C)c1ccc(Cn2ccc(CNC(C)(C)C)n2)cc1. The molecule has 0 aliphatic rings. The third-order valence-electron chi connectivity index (χ3n) is 3.49. The quantitative estimate of drug-likeness (QED) is 0.901. The first-order valence-electron chi connectivity index (χ1n) is 7.70. The molecule has 0 radical (unpaired) electrons. The number of hydrogen-bond donors (Lipinski definition) is 1. The van der Waals surface area contributed by atoms with Crippen molar-refractivity contribution in [3.63, 3.8) is 0 Å². The van der Waals surface area contributed by atoms with E-state index in [1.807, 2.05) is 4.68 Å². The molecular weight excluding hydrogens is 258 g/mol. The second kappa shape index (κ2) is 6.44. The van der Waals surface area contributed by atoms with Crippen molar-refractivity contribution < 1.29 is 0 Å². The van der Waals surface area contributed by atoms with Crippen LogP contribution < -0.4 is 5.32 Å². The van der Waals surface area contributed by atoms with Gasteiger partial charge in [-0.3, -0.25) is 4.68 Å². The number of aromatic nitrogens is 2. The van der Waals surface area contributed by atoms with Gasteiger partial charge in [0, 0.05) is 18.3 Å². The summed E-state index contributed by atoms with van der Waals surface area (Å²) < 4.78 is 2.00. The summed E-state index contributed by atoms with van der Waals surface area (Å²) >= 11 is 0. The minimum Gasteiger partial charge on any atom is -0.306 e. The highest BCUT2D eigenvalue weighted by Crippen LogP contribution is 2.15. The number of benzene rings is 1. The molecule has 0 aliphatic carbocycles. The predicted molar refractivity (Wildman–Crippen MR) is 88.5 cm³/mol. The van der Waals surface area contributed by atoms with Gasteiger partial charge < -0.3 is 5.32 Å². The number of hydrogen-bond acceptors (Lipinski definition) is 2. The third kappa shape index (κ3) is 5.01. The molecule has 1 heterocycles. The molecule has 0 amide bonds. The molecule has 1 aromatic carbocycles. The number of nitrogens with one attached hydrogen (secondary N) is 1. The molecule has 0 bridgehead atoms. The molecule has 3 nitrogen and oxygen atoms in total. The van der Waals surface area contributed by atoms with E-state index in [0.717, 1.165) is 18.8 Å². The standard InChI is InChI=1S/C18H27N3/c1-14(2)16-8-6-15(7-9-16)13-21-11-10-17(20-21)12-19-18(3,4)5/h6-11,14,19H,12-13H2,1-5H3. The first kappa shape index (κ1) is 15.8. The van der Waals surface area contributed by atoms with Crippen molar-refractivity contribution in [2.24, 2.45) is 0 Å². The van der Waals surface area contributed by atoms with Crippen LogP contribution in [-0.2, 0) is 13.1 Å². The number of rotatable bonds is 5. The molecule has 0 spiro atoms. The molecule has 0 atom stereocenters. The molecule has 0 fully saturated rings. The van der Waals surface area contributed by atoms with Gasteiger partial charge in [-0.25, -0.2) is 0 Å². The molecule has 1 N–H and O–H groups in total. The van der Waals surface area contributed by atoms with Crippen LogP contribution in [0.2, 0.25) is 0 Å². The maximum Gasteiger partial charge on any atom is 0.0762 e. The fraction of sp³-hybridized carbons (Fsp3) is 0.500.